The lowest BCUT2D eigenvalue weighted by Gasteiger charge is -2.32. The van der Waals surface area contributed by atoms with E-state index in [-0.39, 0.29) is 4.90 Å². The van der Waals surface area contributed by atoms with Crippen molar-refractivity contribution in [2.24, 2.45) is 5.92 Å². The number of benzene rings is 2. The van der Waals surface area contributed by atoms with Gasteiger partial charge in [0.1, 0.15) is 5.82 Å². The molecule has 0 aliphatic carbocycles. The van der Waals surface area contributed by atoms with Crippen molar-refractivity contribution < 1.29 is 12.8 Å². The van der Waals surface area contributed by atoms with Gasteiger partial charge in [-0.15, -0.1) is 11.8 Å². The van der Waals surface area contributed by atoms with Crippen LogP contribution < -0.4 is 4.72 Å². The van der Waals surface area contributed by atoms with Crippen LogP contribution in [0.1, 0.15) is 18.4 Å². The number of rotatable bonds is 7. The Morgan fingerprint density at radius 3 is 2.44 bits per heavy atom. The molecular weight excluding hydrogens is 383 g/mol. The van der Waals surface area contributed by atoms with E-state index >= 15 is 0 Å². The average molecular weight is 409 g/mol. The Morgan fingerprint density at radius 2 is 1.78 bits per heavy atom. The van der Waals surface area contributed by atoms with E-state index in [1.807, 2.05) is 0 Å². The fourth-order valence-electron chi connectivity index (χ4n) is 3.35. The van der Waals surface area contributed by atoms with E-state index in [4.69, 9.17) is 0 Å². The molecule has 0 unspecified atom stereocenters. The Hall–Kier alpha value is -1.41. The van der Waals surface area contributed by atoms with Crippen LogP contribution >= 0.6 is 11.8 Å². The normalized spacial score (nSPS) is 16.5. The van der Waals surface area contributed by atoms with Crippen molar-refractivity contribution in [3.63, 3.8) is 0 Å². The summed E-state index contributed by atoms with van der Waals surface area (Å²) < 4.78 is 40.3. The average Bonchev–Trinajstić information content (AvgIpc) is 2.68. The van der Waals surface area contributed by atoms with Crippen molar-refractivity contribution in [2.45, 2.75) is 29.2 Å². The Morgan fingerprint density at radius 1 is 1.11 bits per heavy atom. The van der Waals surface area contributed by atoms with Gasteiger partial charge < -0.3 is 0 Å². The number of halogens is 1. The van der Waals surface area contributed by atoms with Gasteiger partial charge in [0.25, 0.3) is 0 Å². The van der Waals surface area contributed by atoms with Gasteiger partial charge in [-0.3, -0.25) is 4.90 Å². The highest BCUT2D eigenvalue weighted by atomic mass is 32.2. The molecule has 1 heterocycles. The molecular formula is C20H25FN2O2S2. The first-order valence-electron chi connectivity index (χ1n) is 9.07. The Kier molecular flexibility index (Phi) is 6.92. The molecule has 3 rings (SSSR count). The molecule has 27 heavy (non-hydrogen) atoms. The quantitative estimate of drug-likeness (QED) is 0.709. The standard InChI is InChI=1S/C20H25FN2O2S2/c1-26-20-5-3-2-4-17(20)15-23-12-10-16(11-13-23)14-22-27(24,25)19-8-6-18(21)7-9-19/h2-9,16,22H,10-15H2,1H3. The summed E-state index contributed by atoms with van der Waals surface area (Å²) in [4.78, 5) is 3.85. The van der Waals surface area contributed by atoms with Crippen molar-refractivity contribution in [1.29, 1.82) is 0 Å². The van der Waals surface area contributed by atoms with Gasteiger partial charge in [0.15, 0.2) is 0 Å². The third-order valence-electron chi connectivity index (χ3n) is 4.98. The predicted octanol–water partition coefficient (Wildman–Crippen LogP) is 3.74. The van der Waals surface area contributed by atoms with Gasteiger partial charge >= 0.3 is 0 Å². The summed E-state index contributed by atoms with van der Waals surface area (Å²) in [7, 11) is -3.58. The van der Waals surface area contributed by atoms with Crippen molar-refractivity contribution >= 4 is 21.8 Å². The summed E-state index contributed by atoms with van der Waals surface area (Å²) in [6.07, 6.45) is 4.03. The van der Waals surface area contributed by atoms with Gasteiger partial charge in [-0.1, -0.05) is 18.2 Å². The minimum atomic E-state index is -3.58. The van der Waals surface area contributed by atoms with E-state index in [1.54, 1.807) is 11.8 Å². The zero-order valence-electron chi connectivity index (χ0n) is 15.4. The van der Waals surface area contributed by atoms with Crippen LogP contribution in [0.5, 0.6) is 0 Å². The maximum atomic E-state index is 13.0. The summed E-state index contributed by atoms with van der Waals surface area (Å²) in [6.45, 7) is 3.29. The summed E-state index contributed by atoms with van der Waals surface area (Å²) >= 11 is 1.77. The molecule has 146 valence electrons. The van der Waals surface area contributed by atoms with E-state index in [0.29, 0.717) is 12.5 Å². The maximum absolute atomic E-state index is 13.0. The van der Waals surface area contributed by atoms with Crippen LogP contribution in [0.3, 0.4) is 0 Å². The fourth-order valence-corrected chi connectivity index (χ4v) is 5.07. The summed E-state index contributed by atoms with van der Waals surface area (Å²) in [5, 5.41) is 0. The minimum absolute atomic E-state index is 0.106. The van der Waals surface area contributed by atoms with Gasteiger partial charge in [0.05, 0.1) is 4.90 Å². The number of hydrogen-bond acceptors (Lipinski definition) is 4. The second-order valence-corrected chi connectivity index (χ2v) is 9.45. The van der Waals surface area contributed by atoms with Gasteiger partial charge in [-0.25, -0.2) is 17.5 Å². The lowest BCUT2D eigenvalue weighted by molar-refractivity contribution is 0.177. The predicted molar refractivity (Wildman–Crippen MR) is 108 cm³/mol. The van der Waals surface area contributed by atoms with Crippen LogP contribution in [0, 0.1) is 11.7 Å². The molecule has 7 heteroatoms. The molecule has 1 fully saturated rings. The van der Waals surface area contributed by atoms with Gasteiger partial charge in [0, 0.05) is 18.0 Å². The van der Waals surface area contributed by atoms with Gasteiger partial charge in [-0.2, -0.15) is 0 Å². The zero-order chi connectivity index (χ0) is 19.3. The molecule has 0 atom stereocenters. The summed E-state index contributed by atoms with van der Waals surface area (Å²) in [5.41, 5.74) is 1.35. The highest BCUT2D eigenvalue weighted by Crippen LogP contribution is 2.24. The molecule has 1 aliphatic heterocycles. The van der Waals surface area contributed by atoms with Crippen molar-refractivity contribution in [3.05, 3.63) is 59.9 Å². The van der Waals surface area contributed by atoms with Crippen LogP contribution in [-0.2, 0) is 16.6 Å². The number of piperidine rings is 1. The van der Waals surface area contributed by atoms with E-state index < -0.39 is 15.8 Å². The molecule has 4 nitrogen and oxygen atoms in total. The van der Waals surface area contributed by atoms with E-state index in [0.717, 1.165) is 32.5 Å². The third-order valence-corrected chi connectivity index (χ3v) is 7.26. The topological polar surface area (TPSA) is 49.4 Å². The first-order valence-corrected chi connectivity index (χ1v) is 11.8. The molecule has 2 aromatic carbocycles. The van der Waals surface area contributed by atoms with Crippen LogP contribution in [-0.4, -0.2) is 39.2 Å². The third kappa shape index (κ3) is 5.54. The number of nitrogens with one attached hydrogen (secondary N) is 1. The lowest BCUT2D eigenvalue weighted by Crippen LogP contribution is -2.38. The zero-order valence-corrected chi connectivity index (χ0v) is 17.0. The molecule has 0 amide bonds. The Bertz CT molecular complexity index is 849. The molecule has 1 saturated heterocycles. The summed E-state index contributed by atoms with van der Waals surface area (Å²) in [6, 6.07) is 13.4. The van der Waals surface area contributed by atoms with E-state index in [1.165, 1.54) is 34.7 Å². The number of likely N-dealkylation sites (tertiary alicyclic amines) is 1. The molecule has 0 radical (unpaired) electrons. The Balaban J connectivity index is 1.49. The molecule has 0 aromatic heterocycles. The lowest BCUT2D eigenvalue weighted by atomic mass is 9.97. The monoisotopic (exact) mass is 408 g/mol. The smallest absolute Gasteiger partial charge is 0.240 e. The maximum Gasteiger partial charge on any atom is 0.240 e. The van der Waals surface area contributed by atoms with Gasteiger partial charge in [-0.05, 0) is 74.0 Å². The highest BCUT2D eigenvalue weighted by Gasteiger charge is 2.22. The molecule has 0 bridgehead atoms. The molecule has 1 N–H and O–H groups in total. The van der Waals surface area contributed by atoms with Crippen LogP contribution in [0.15, 0.2) is 58.3 Å². The van der Waals surface area contributed by atoms with E-state index in [2.05, 4.69) is 40.1 Å². The molecule has 0 spiro atoms. The molecule has 1 aliphatic rings. The fraction of sp³-hybridized carbons (Fsp3) is 0.400. The number of thioether (sulfide) groups is 1. The number of nitrogens with zero attached hydrogens (tertiary/aromatic N) is 1. The van der Waals surface area contributed by atoms with Crippen molar-refractivity contribution in [2.75, 3.05) is 25.9 Å². The first-order chi connectivity index (χ1) is 13.0. The second kappa shape index (κ2) is 9.19. The number of sulfonamides is 1. The van der Waals surface area contributed by atoms with Gasteiger partial charge in [0.2, 0.25) is 10.0 Å². The second-order valence-electron chi connectivity index (χ2n) is 6.84. The van der Waals surface area contributed by atoms with Crippen molar-refractivity contribution in [1.82, 2.24) is 9.62 Å². The largest absolute Gasteiger partial charge is 0.299 e. The number of hydrogen-bond donors (Lipinski definition) is 1. The van der Waals surface area contributed by atoms with Crippen LogP contribution in [0.4, 0.5) is 4.39 Å². The first kappa shape index (κ1) is 20.3. The van der Waals surface area contributed by atoms with Crippen molar-refractivity contribution in [3.8, 4) is 0 Å². The Labute approximate surface area is 165 Å². The minimum Gasteiger partial charge on any atom is -0.299 e. The molecule has 0 saturated carbocycles. The summed E-state index contributed by atoms with van der Waals surface area (Å²) in [5.74, 6) is -0.114. The van der Waals surface area contributed by atoms with E-state index in [9.17, 15) is 12.8 Å². The molecule has 2 aromatic rings. The SMILES string of the molecule is CSc1ccccc1CN1CCC(CNS(=O)(=O)c2ccc(F)cc2)CC1. The van der Waals surface area contributed by atoms with Crippen LogP contribution in [0.25, 0.3) is 0 Å². The van der Waals surface area contributed by atoms with Crippen LogP contribution in [0.2, 0.25) is 0 Å². The highest BCUT2D eigenvalue weighted by molar-refractivity contribution is 7.98.